The summed E-state index contributed by atoms with van der Waals surface area (Å²) >= 11 is 0. The van der Waals surface area contributed by atoms with E-state index in [-0.39, 0.29) is 5.56 Å². The molecule has 1 nitrogen and oxygen atoms in total. The lowest BCUT2D eigenvalue weighted by Crippen LogP contribution is -1.80. The highest BCUT2D eigenvalue weighted by Gasteiger charge is 2.04. The third kappa shape index (κ3) is 1.74. The van der Waals surface area contributed by atoms with Crippen LogP contribution in [0.15, 0.2) is 24.3 Å². The molecule has 0 spiro atoms. The van der Waals surface area contributed by atoms with Gasteiger partial charge in [0.2, 0.25) is 0 Å². The van der Waals surface area contributed by atoms with Crippen molar-refractivity contribution in [2.75, 3.05) is 0 Å². The third-order valence-corrected chi connectivity index (χ3v) is 1.27. The predicted molar refractivity (Wildman–Crippen MR) is 37.7 cm³/mol. The average Bonchev–Trinajstić information content (AvgIpc) is 2.05. The van der Waals surface area contributed by atoms with E-state index < -0.39 is 6.43 Å². The number of hydrogen-bond acceptors (Lipinski definition) is 0. The van der Waals surface area contributed by atoms with E-state index in [1.807, 2.05) is 0 Å². The van der Waals surface area contributed by atoms with Crippen LogP contribution in [0.3, 0.4) is 0 Å². The molecule has 0 aliphatic heterocycles. The molecule has 0 amide bonds. The summed E-state index contributed by atoms with van der Waals surface area (Å²) < 4.78 is 23.9. The summed E-state index contributed by atoms with van der Waals surface area (Å²) in [5.74, 6) is 0. The van der Waals surface area contributed by atoms with Crippen LogP contribution < -0.4 is 0 Å². The Labute approximate surface area is 63.1 Å². The lowest BCUT2D eigenvalue weighted by molar-refractivity contribution is 0.151. The maximum atomic E-state index is 11.9. The van der Waals surface area contributed by atoms with Gasteiger partial charge in [0.1, 0.15) is 0 Å². The van der Waals surface area contributed by atoms with E-state index in [4.69, 9.17) is 6.57 Å². The van der Waals surface area contributed by atoms with Gasteiger partial charge in [-0.15, -0.1) is 0 Å². The van der Waals surface area contributed by atoms with Gasteiger partial charge in [0.15, 0.2) is 5.69 Å². The third-order valence-electron chi connectivity index (χ3n) is 1.27. The van der Waals surface area contributed by atoms with Crippen molar-refractivity contribution in [2.24, 2.45) is 0 Å². The van der Waals surface area contributed by atoms with Crippen LogP contribution >= 0.6 is 0 Å². The first-order chi connectivity index (χ1) is 5.24. The number of nitrogens with zero attached hydrogens (tertiary/aromatic N) is 1. The minimum atomic E-state index is -2.45. The van der Waals surface area contributed by atoms with Crippen LogP contribution in [0.1, 0.15) is 12.0 Å². The van der Waals surface area contributed by atoms with Gasteiger partial charge in [0.25, 0.3) is 6.43 Å². The largest absolute Gasteiger partial charge is 0.263 e. The molecule has 0 aliphatic rings. The Morgan fingerprint density at radius 2 is 1.73 bits per heavy atom. The van der Waals surface area contributed by atoms with Crippen molar-refractivity contribution in [3.8, 4) is 0 Å². The molecule has 11 heavy (non-hydrogen) atoms. The van der Waals surface area contributed by atoms with E-state index in [0.717, 1.165) is 0 Å². The van der Waals surface area contributed by atoms with Gasteiger partial charge in [-0.3, -0.25) is 0 Å². The van der Waals surface area contributed by atoms with Crippen LogP contribution in [0, 0.1) is 6.57 Å². The highest BCUT2D eigenvalue weighted by atomic mass is 19.3. The van der Waals surface area contributed by atoms with E-state index in [9.17, 15) is 8.78 Å². The molecule has 0 heterocycles. The zero-order valence-corrected chi connectivity index (χ0v) is 5.59. The van der Waals surface area contributed by atoms with E-state index >= 15 is 0 Å². The molecule has 0 bridgehead atoms. The van der Waals surface area contributed by atoms with Crippen LogP contribution in [0.5, 0.6) is 0 Å². The Kier molecular flexibility index (Phi) is 2.17. The maximum Gasteiger partial charge on any atom is 0.263 e. The molecule has 0 saturated carbocycles. The van der Waals surface area contributed by atoms with Crippen molar-refractivity contribution >= 4 is 5.69 Å². The summed E-state index contributed by atoms with van der Waals surface area (Å²) in [5, 5.41) is 0. The van der Waals surface area contributed by atoms with Gasteiger partial charge in [-0.1, -0.05) is 24.3 Å². The fraction of sp³-hybridized carbons (Fsp3) is 0.125. The molecule has 3 heteroatoms. The lowest BCUT2D eigenvalue weighted by atomic mass is 10.2. The quantitative estimate of drug-likeness (QED) is 0.546. The van der Waals surface area contributed by atoms with Gasteiger partial charge >= 0.3 is 0 Å². The smallest absolute Gasteiger partial charge is 0.238 e. The summed E-state index contributed by atoms with van der Waals surface area (Å²) in [7, 11) is 0. The minimum absolute atomic E-state index is 0.0441. The fourth-order valence-electron chi connectivity index (χ4n) is 0.694. The highest BCUT2D eigenvalue weighted by Crippen LogP contribution is 2.21. The normalized spacial score (nSPS) is 9.64. The number of benzene rings is 1. The second kappa shape index (κ2) is 3.11. The summed E-state index contributed by atoms with van der Waals surface area (Å²) in [6.45, 7) is 6.56. The molecule has 0 fully saturated rings. The summed E-state index contributed by atoms with van der Waals surface area (Å²) in [5.41, 5.74) is 0.340. The summed E-state index contributed by atoms with van der Waals surface area (Å²) in [6.07, 6.45) is -2.45. The van der Waals surface area contributed by atoms with Gasteiger partial charge in [-0.05, 0) is 0 Å². The zero-order valence-electron chi connectivity index (χ0n) is 5.59. The van der Waals surface area contributed by atoms with Crippen molar-refractivity contribution < 1.29 is 8.78 Å². The molecule has 1 aromatic rings. The van der Waals surface area contributed by atoms with Crippen molar-refractivity contribution in [3.05, 3.63) is 41.2 Å². The monoisotopic (exact) mass is 153 g/mol. The molecule has 0 aliphatic carbocycles. The van der Waals surface area contributed by atoms with Gasteiger partial charge in [0, 0.05) is 5.56 Å². The van der Waals surface area contributed by atoms with Crippen molar-refractivity contribution in [3.63, 3.8) is 0 Å². The Morgan fingerprint density at radius 1 is 1.18 bits per heavy atom. The van der Waals surface area contributed by atoms with E-state index in [1.54, 1.807) is 0 Å². The molecular weight excluding hydrogens is 148 g/mol. The molecule has 0 saturated heterocycles. The highest BCUT2D eigenvalue weighted by molar-refractivity contribution is 5.45. The standard InChI is InChI=1S/C8H5F2N/c1-11-7-4-2-6(3-5-7)8(9)10/h2-5,8H. The fourth-order valence-corrected chi connectivity index (χ4v) is 0.694. The van der Waals surface area contributed by atoms with Gasteiger partial charge in [0.05, 0.1) is 6.57 Å². The molecule has 1 rings (SSSR count). The van der Waals surface area contributed by atoms with Crippen molar-refractivity contribution in [1.82, 2.24) is 0 Å². The molecule has 56 valence electrons. The van der Waals surface area contributed by atoms with Gasteiger partial charge in [-0.25, -0.2) is 13.6 Å². The topological polar surface area (TPSA) is 4.36 Å². The predicted octanol–water partition coefficient (Wildman–Crippen LogP) is 3.17. The van der Waals surface area contributed by atoms with Gasteiger partial charge in [-0.2, -0.15) is 0 Å². The molecule has 1 aromatic carbocycles. The van der Waals surface area contributed by atoms with E-state index in [2.05, 4.69) is 4.85 Å². The van der Waals surface area contributed by atoms with Crippen LogP contribution in [0.2, 0.25) is 0 Å². The zero-order chi connectivity index (χ0) is 8.27. The number of hydrogen-bond donors (Lipinski definition) is 0. The van der Waals surface area contributed by atoms with Crippen LogP contribution in [0.25, 0.3) is 4.85 Å². The van der Waals surface area contributed by atoms with Crippen molar-refractivity contribution in [1.29, 1.82) is 0 Å². The maximum absolute atomic E-state index is 11.9. The first-order valence-corrected chi connectivity index (χ1v) is 2.99. The number of rotatable bonds is 1. The second-order valence-electron chi connectivity index (χ2n) is 2.00. The summed E-state index contributed by atoms with van der Waals surface area (Å²) in [4.78, 5) is 3.08. The Bertz CT molecular complexity index is 271. The lowest BCUT2D eigenvalue weighted by Gasteiger charge is -1.96. The Hall–Kier alpha value is -1.43. The first-order valence-electron chi connectivity index (χ1n) is 2.99. The van der Waals surface area contributed by atoms with Crippen LogP contribution in [-0.4, -0.2) is 0 Å². The Balaban J connectivity index is 2.94. The second-order valence-corrected chi connectivity index (χ2v) is 2.00. The van der Waals surface area contributed by atoms with Crippen molar-refractivity contribution in [2.45, 2.75) is 6.43 Å². The molecular formula is C8H5F2N. The van der Waals surface area contributed by atoms with E-state index in [1.165, 1.54) is 24.3 Å². The van der Waals surface area contributed by atoms with Crippen LogP contribution in [-0.2, 0) is 0 Å². The Morgan fingerprint density at radius 3 is 2.09 bits per heavy atom. The number of alkyl halides is 2. The van der Waals surface area contributed by atoms with E-state index in [0.29, 0.717) is 5.69 Å². The van der Waals surface area contributed by atoms with Gasteiger partial charge < -0.3 is 0 Å². The molecule has 0 N–H and O–H groups in total. The molecule has 0 unspecified atom stereocenters. The molecule has 0 radical (unpaired) electrons. The summed E-state index contributed by atoms with van der Waals surface area (Å²) in [6, 6.07) is 5.29. The molecule has 0 aromatic heterocycles. The first kappa shape index (κ1) is 7.67. The SMILES string of the molecule is [C-]#[N+]c1ccc(C(F)F)cc1. The van der Waals surface area contributed by atoms with Crippen LogP contribution in [0.4, 0.5) is 14.5 Å². The minimum Gasteiger partial charge on any atom is -0.238 e. The molecule has 0 atom stereocenters. The number of halogens is 2. The average molecular weight is 153 g/mol.